The van der Waals surface area contributed by atoms with Crippen molar-refractivity contribution in [2.45, 2.75) is 18.7 Å². The highest BCUT2D eigenvalue weighted by atomic mass is 16.5. The lowest BCUT2D eigenvalue weighted by atomic mass is 9.96. The first kappa shape index (κ1) is 19.2. The largest absolute Gasteiger partial charge is 0.497 e. The summed E-state index contributed by atoms with van der Waals surface area (Å²) in [7, 11) is 4.94. The van der Waals surface area contributed by atoms with Crippen LogP contribution in [0.25, 0.3) is 0 Å². The van der Waals surface area contributed by atoms with Crippen molar-refractivity contribution < 1.29 is 18.9 Å². The van der Waals surface area contributed by atoms with Gasteiger partial charge in [-0.15, -0.1) is 0 Å². The highest BCUT2D eigenvalue weighted by molar-refractivity contribution is 6.01. The predicted molar refractivity (Wildman–Crippen MR) is 116 cm³/mol. The number of aromatic nitrogens is 1. The van der Waals surface area contributed by atoms with Crippen molar-refractivity contribution in [3.63, 3.8) is 0 Å². The Labute approximate surface area is 180 Å². The van der Waals surface area contributed by atoms with E-state index in [-0.39, 0.29) is 6.04 Å². The molecule has 7 heteroatoms. The minimum atomic E-state index is -0.506. The van der Waals surface area contributed by atoms with Gasteiger partial charge in [-0.25, -0.2) is 5.01 Å². The summed E-state index contributed by atoms with van der Waals surface area (Å²) < 4.78 is 23.2. The molecule has 2 aromatic carbocycles. The maximum absolute atomic E-state index is 6.52. The fourth-order valence-electron chi connectivity index (χ4n) is 4.19. The van der Waals surface area contributed by atoms with E-state index in [1.54, 1.807) is 27.5 Å². The summed E-state index contributed by atoms with van der Waals surface area (Å²) in [5.74, 6) is 2.84. The molecule has 0 bridgehead atoms. The van der Waals surface area contributed by atoms with Gasteiger partial charge in [0.25, 0.3) is 0 Å². The Hall–Kier alpha value is -3.74. The Bertz CT molecular complexity index is 1130. The van der Waals surface area contributed by atoms with Crippen LogP contribution in [0.2, 0.25) is 0 Å². The monoisotopic (exact) mass is 417 g/mol. The third-order valence-corrected chi connectivity index (χ3v) is 5.70. The molecule has 0 fully saturated rings. The summed E-state index contributed by atoms with van der Waals surface area (Å²) in [6.45, 7) is 0. The molecule has 0 aliphatic carbocycles. The molecule has 7 nitrogen and oxygen atoms in total. The Kier molecular flexibility index (Phi) is 4.86. The van der Waals surface area contributed by atoms with Gasteiger partial charge in [-0.1, -0.05) is 18.2 Å². The number of rotatable bonds is 5. The maximum atomic E-state index is 6.52. The summed E-state index contributed by atoms with van der Waals surface area (Å²) in [6, 6.07) is 15.6. The second kappa shape index (κ2) is 7.83. The van der Waals surface area contributed by atoms with Gasteiger partial charge in [-0.2, -0.15) is 5.10 Å². The average molecular weight is 417 g/mol. The molecule has 0 spiro atoms. The number of pyridine rings is 1. The van der Waals surface area contributed by atoms with E-state index in [1.807, 2.05) is 53.7 Å². The second-order valence-electron chi connectivity index (χ2n) is 7.35. The number of benzene rings is 2. The maximum Gasteiger partial charge on any atom is 0.217 e. The van der Waals surface area contributed by atoms with Crippen LogP contribution >= 0.6 is 0 Å². The molecule has 3 heterocycles. The number of para-hydroxylation sites is 1. The van der Waals surface area contributed by atoms with Crippen LogP contribution in [0.4, 0.5) is 0 Å². The Morgan fingerprint density at radius 3 is 2.55 bits per heavy atom. The quantitative estimate of drug-likeness (QED) is 0.615. The van der Waals surface area contributed by atoms with Crippen LogP contribution in [-0.2, 0) is 0 Å². The van der Waals surface area contributed by atoms with Gasteiger partial charge in [0.2, 0.25) is 6.23 Å². The van der Waals surface area contributed by atoms with Crippen LogP contribution in [-0.4, -0.2) is 37.0 Å². The number of nitrogens with zero attached hydrogens (tertiary/aromatic N) is 3. The molecule has 2 aliphatic heterocycles. The summed E-state index contributed by atoms with van der Waals surface area (Å²) in [5.41, 5.74) is 3.83. The van der Waals surface area contributed by atoms with Crippen molar-refractivity contribution in [3.8, 4) is 23.0 Å². The zero-order valence-corrected chi connectivity index (χ0v) is 17.6. The molecule has 2 unspecified atom stereocenters. The smallest absolute Gasteiger partial charge is 0.217 e. The van der Waals surface area contributed by atoms with Crippen LogP contribution < -0.4 is 18.9 Å². The van der Waals surface area contributed by atoms with Crippen LogP contribution in [0.1, 0.15) is 35.4 Å². The van der Waals surface area contributed by atoms with Crippen molar-refractivity contribution in [1.82, 2.24) is 9.99 Å². The number of hydrogen-bond donors (Lipinski definition) is 0. The molecule has 0 saturated heterocycles. The van der Waals surface area contributed by atoms with E-state index >= 15 is 0 Å². The van der Waals surface area contributed by atoms with E-state index in [2.05, 4.69) is 11.1 Å². The molecule has 0 saturated carbocycles. The first-order valence-corrected chi connectivity index (χ1v) is 10.0. The molecule has 3 aromatic rings. The highest BCUT2D eigenvalue weighted by Gasteiger charge is 2.43. The third kappa shape index (κ3) is 3.22. The van der Waals surface area contributed by atoms with Crippen LogP contribution in [0.5, 0.6) is 23.0 Å². The van der Waals surface area contributed by atoms with Crippen molar-refractivity contribution in [1.29, 1.82) is 0 Å². The van der Waals surface area contributed by atoms with Gasteiger partial charge >= 0.3 is 0 Å². The molecule has 158 valence electrons. The van der Waals surface area contributed by atoms with E-state index in [9.17, 15) is 0 Å². The molecule has 5 rings (SSSR count). The number of methoxy groups -OCH3 is 3. The Morgan fingerprint density at radius 2 is 1.81 bits per heavy atom. The zero-order valence-electron chi connectivity index (χ0n) is 17.6. The summed E-state index contributed by atoms with van der Waals surface area (Å²) in [6.07, 6.45) is 3.83. The SMILES string of the molecule is COc1ccc(OC)c(C2Oc3c(OC)cccc3C3CC(c4cccnc4)=NN32)c1. The average Bonchev–Trinajstić information content (AvgIpc) is 3.29. The fraction of sp³-hybridized carbons (Fsp3) is 0.250. The van der Waals surface area contributed by atoms with E-state index in [1.165, 1.54) is 0 Å². The topological polar surface area (TPSA) is 65.4 Å². The van der Waals surface area contributed by atoms with Gasteiger partial charge < -0.3 is 18.9 Å². The van der Waals surface area contributed by atoms with Gasteiger partial charge in [-0.05, 0) is 30.3 Å². The van der Waals surface area contributed by atoms with Crippen molar-refractivity contribution >= 4 is 5.71 Å². The minimum absolute atomic E-state index is 0.00466. The first-order valence-electron chi connectivity index (χ1n) is 10.0. The van der Waals surface area contributed by atoms with Gasteiger partial charge in [-0.3, -0.25) is 4.98 Å². The lowest BCUT2D eigenvalue weighted by Crippen LogP contribution is -2.34. The molecule has 0 N–H and O–H groups in total. The van der Waals surface area contributed by atoms with Crippen molar-refractivity contribution in [2.75, 3.05) is 21.3 Å². The predicted octanol–water partition coefficient (Wildman–Crippen LogP) is 4.35. The van der Waals surface area contributed by atoms with Crippen molar-refractivity contribution in [2.24, 2.45) is 5.10 Å². The molecule has 0 radical (unpaired) electrons. The first-order chi connectivity index (χ1) is 15.2. The third-order valence-electron chi connectivity index (χ3n) is 5.70. The van der Waals surface area contributed by atoms with E-state index in [0.717, 1.165) is 40.3 Å². The molecular weight excluding hydrogens is 394 g/mol. The molecule has 2 aliphatic rings. The number of hydrogen-bond acceptors (Lipinski definition) is 7. The summed E-state index contributed by atoms with van der Waals surface area (Å²) in [4.78, 5) is 4.26. The number of fused-ring (bicyclic) bond motifs is 3. The molecule has 1 aromatic heterocycles. The molecular formula is C24H23N3O4. The summed E-state index contributed by atoms with van der Waals surface area (Å²) >= 11 is 0. The van der Waals surface area contributed by atoms with Crippen LogP contribution in [0.15, 0.2) is 66.0 Å². The highest BCUT2D eigenvalue weighted by Crippen LogP contribution is 2.52. The van der Waals surface area contributed by atoms with Gasteiger partial charge in [0, 0.05) is 29.9 Å². The molecule has 0 amide bonds. The standard InChI is InChI=1S/C24H23N3O4/c1-28-16-9-10-21(29-2)18(12-16)24-27-20(13-19(26-27)15-6-5-11-25-14-15)17-7-4-8-22(30-3)23(17)31-24/h4-12,14,20,24H,13H2,1-3H3. The number of ether oxygens (including phenoxy) is 4. The summed E-state index contributed by atoms with van der Waals surface area (Å²) in [5, 5.41) is 6.97. The second-order valence-corrected chi connectivity index (χ2v) is 7.35. The normalized spacial score (nSPS) is 19.1. The molecule has 2 atom stereocenters. The lowest BCUT2D eigenvalue weighted by molar-refractivity contribution is -0.0223. The Balaban J connectivity index is 1.66. The van der Waals surface area contributed by atoms with Crippen LogP contribution in [0, 0.1) is 0 Å². The Morgan fingerprint density at radius 1 is 0.935 bits per heavy atom. The fourth-order valence-corrected chi connectivity index (χ4v) is 4.19. The zero-order chi connectivity index (χ0) is 21.4. The van der Waals surface area contributed by atoms with Crippen LogP contribution in [0.3, 0.4) is 0 Å². The van der Waals surface area contributed by atoms with E-state index < -0.39 is 6.23 Å². The van der Waals surface area contributed by atoms with Crippen molar-refractivity contribution in [3.05, 3.63) is 77.6 Å². The van der Waals surface area contributed by atoms with Gasteiger partial charge in [0.15, 0.2) is 11.5 Å². The minimum Gasteiger partial charge on any atom is -0.497 e. The van der Waals surface area contributed by atoms with E-state index in [0.29, 0.717) is 11.5 Å². The van der Waals surface area contributed by atoms with Gasteiger partial charge in [0.1, 0.15) is 11.5 Å². The molecule has 31 heavy (non-hydrogen) atoms. The number of hydrazone groups is 1. The van der Waals surface area contributed by atoms with E-state index in [4.69, 9.17) is 24.0 Å². The lowest BCUT2D eigenvalue weighted by Gasteiger charge is -2.39. The van der Waals surface area contributed by atoms with Gasteiger partial charge in [0.05, 0.1) is 38.6 Å².